The first-order chi connectivity index (χ1) is 9.65. The van der Waals surface area contributed by atoms with Gasteiger partial charge in [0.15, 0.2) is 0 Å². The molecule has 1 saturated heterocycles. The maximum absolute atomic E-state index is 13.6. The van der Waals surface area contributed by atoms with E-state index < -0.39 is 5.82 Å². The van der Waals surface area contributed by atoms with E-state index >= 15 is 0 Å². The van der Waals surface area contributed by atoms with Crippen LogP contribution in [0.1, 0.15) is 32.3 Å². The van der Waals surface area contributed by atoms with Crippen molar-refractivity contribution in [3.05, 3.63) is 29.6 Å². The average molecular weight is 275 g/mol. The molecule has 2 unspecified atom stereocenters. The molecule has 1 N–H and O–H groups in total. The second kappa shape index (κ2) is 6.71. The molecule has 20 heavy (non-hydrogen) atoms. The molecule has 0 bridgehead atoms. The van der Waals surface area contributed by atoms with Gasteiger partial charge in [-0.3, -0.25) is 0 Å². The largest absolute Gasteiger partial charge is 0.381 e. The Hall–Kier alpha value is -1.60. The minimum atomic E-state index is -0.455. The molecule has 108 valence electrons. The van der Waals surface area contributed by atoms with E-state index in [1.807, 2.05) is 6.07 Å². The first kappa shape index (κ1) is 14.8. The summed E-state index contributed by atoms with van der Waals surface area (Å²) in [6.07, 6.45) is 2.39. The van der Waals surface area contributed by atoms with Crippen molar-refractivity contribution in [1.82, 2.24) is 4.90 Å². The van der Waals surface area contributed by atoms with Crippen LogP contribution in [0.5, 0.6) is 0 Å². The number of hydrogen-bond acceptors (Lipinski definition) is 3. The summed E-state index contributed by atoms with van der Waals surface area (Å²) < 4.78 is 13.6. The van der Waals surface area contributed by atoms with Gasteiger partial charge in [0.25, 0.3) is 0 Å². The number of benzene rings is 1. The van der Waals surface area contributed by atoms with Crippen LogP contribution < -0.4 is 5.32 Å². The fraction of sp³-hybridized carbons (Fsp3) is 0.562. The number of halogens is 1. The number of piperidine rings is 1. The molecule has 1 aromatic rings. The van der Waals surface area contributed by atoms with E-state index in [0.717, 1.165) is 13.1 Å². The Balaban J connectivity index is 2.06. The minimum Gasteiger partial charge on any atom is -0.381 e. The Bertz CT molecular complexity index is 495. The molecule has 1 heterocycles. The van der Waals surface area contributed by atoms with Gasteiger partial charge >= 0.3 is 0 Å². The normalized spacial score (nSPS) is 21.2. The summed E-state index contributed by atoms with van der Waals surface area (Å²) >= 11 is 0. The summed E-state index contributed by atoms with van der Waals surface area (Å²) in [6.45, 7) is 7.62. The fourth-order valence-corrected chi connectivity index (χ4v) is 2.91. The molecule has 0 amide bonds. The van der Waals surface area contributed by atoms with Gasteiger partial charge in [0.05, 0.1) is 5.69 Å². The van der Waals surface area contributed by atoms with Crippen molar-refractivity contribution in [1.29, 1.82) is 5.26 Å². The maximum Gasteiger partial charge on any atom is 0.143 e. The number of nitrogens with one attached hydrogen (secondary N) is 1. The number of likely N-dealkylation sites (tertiary alicyclic amines) is 1. The smallest absolute Gasteiger partial charge is 0.143 e. The molecular formula is C16H22FN3. The van der Waals surface area contributed by atoms with Crippen LogP contribution in [0.2, 0.25) is 0 Å². The third kappa shape index (κ3) is 3.29. The van der Waals surface area contributed by atoms with E-state index in [9.17, 15) is 4.39 Å². The molecule has 1 aromatic carbocycles. The van der Waals surface area contributed by atoms with E-state index in [2.05, 4.69) is 24.1 Å². The van der Waals surface area contributed by atoms with Crippen molar-refractivity contribution in [2.24, 2.45) is 5.92 Å². The van der Waals surface area contributed by atoms with Gasteiger partial charge in [-0.1, -0.05) is 13.0 Å². The highest BCUT2D eigenvalue weighted by Crippen LogP contribution is 2.24. The van der Waals surface area contributed by atoms with Crippen LogP contribution in [0.15, 0.2) is 18.2 Å². The number of rotatable bonds is 4. The molecule has 1 fully saturated rings. The number of anilines is 1. The van der Waals surface area contributed by atoms with Crippen molar-refractivity contribution in [2.45, 2.75) is 32.7 Å². The Labute approximate surface area is 120 Å². The molecule has 3 nitrogen and oxygen atoms in total. The van der Waals surface area contributed by atoms with Crippen molar-refractivity contribution < 1.29 is 4.39 Å². The zero-order valence-corrected chi connectivity index (χ0v) is 12.2. The van der Waals surface area contributed by atoms with Crippen LogP contribution in [0.4, 0.5) is 10.1 Å². The molecule has 0 saturated carbocycles. The van der Waals surface area contributed by atoms with Crippen molar-refractivity contribution in [2.75, 3.05) is 25.0 Å². The van der Waals surface area contributed by atoms with Crippen LogP contribution in [-0.4, -0.2) is 30.6 Å². The summed E-state index contributed by atoms with van der Waals surface area (Å²) in [4.78, 5) is 2.45. The van der Waals surface area contributed by atoms with Crippen molar-refractivity contribution >= 4 is 5.69 Å². The lowest BCUT2D eigenvalue weighted by atomic mass is 9.91. The van der Waals surface area contributed by atoms with Crippen LogP contribution in [0.25, 0.3) is 0 Å². The van der Waals surface area contributed by atoms with Crippen LogP contribution >= 0.6 is 0 Å². The summed E-state index contributed by atoms with van der Waals surface area (Å²) in [7, 11) is 0. The SMILES string of the molecule is CCN1CCCC(C(C)Nc2cccc(F)c2C#N)C1. The van der Waals surface area contributed by atoms with Crippen molar-refractivity contribution in [3.63, 3.8) is 0 Å². The topological polar surface area (TPSA) is 39.1 Å². The van der Waals surface area contributed by atoms with Gasteiger partial charge in [-0.15, -0.1) is 0 Å². The average Bonchev–Trinajstić information content (AvgIpc) is 2.47. The molecule has 0 aromatic heterocycles. The lowest BCUT2D eigenvalue weighted by Crippen LogP contribution is -2.41. The third-order valence-corrected chi connectivity index (χ3v) is 4.20. The standard InChI is InChI=1S/C16H22FN3/c1-3-20-9-5-6-13(11-20)12(2)19-16-8-4-7-15(17)14(16)10-18/h4,7-8,12-13,19H,3,5-6,9,11H2,1-2H3. The molecule has 1 aliphatic heterocycles. The molecule has 2 rings (SSSR count). The Morgan fingerprint density at radius 1 is 1.55 bits per heavy atom. The van der Waals surface area contributed by atoms with Gasteiger partial charge in [-0.25, -0.2) is 4.39 Å². The maximum atomic E-state index is 13.6. The molecule has 1 aliphatic rings. The first-order valence-electron chi connectivity index (χ1n) is 7.33. The van der Waals surface area contributed by atoms with Gasteiger partial charge in [0, 0.05) is 12.6 Å². The van der Waals surface area contributed by atoms with E-state index in [1.54, 1.807) is 12.1 Å². The summed E-state index contributed by atoms with van der Waals surface area (Å²) in [6, 6.07) is 6.93. The molecule has 0 spiro atoms. The van der Waals surface area contributed by atoms with Gasteiger partial charge in [0.2, 0.25) is 0 Å². The predicted octanol–water partition coefficient (Wildman–Crippen LogP) is 3.23. The molecular weight excluding hydrogens is 253 g/mol. The highest BCUT2D eigenvalue weighted by atomic mass is 19.1. The van der Waals surface area contributed by atoms with Crippen LogP contribution in [-0.2, 0) is 0 Å². The van der Waals surface area contributed by atoms with E-state index in [1.165, 1.54) is 25.5 Å². The van der Waals surface area contributed by atoms with E-state index in [0.29, 0.717) is 11.6 Å². The highest BCUT2D eigenvalue weighted by Gasteiger charge is 2.24. The molecule has 0 aliphatic carbocycles. The van der Waals surface area contributed by atoms with Crippen molar-refractivity contribution in [3.8, 4) is 6.07 Å². The third-order valence-electron chi connectivity index (χ3n) is 4.20. The first-order valence-corrected chi connectivity index (χ1v) is 7.33. The second-order valence-electron chi connectivity index (χ2n) is 5.50. The van der Waals surface area contributed by atoms with Gasteiger partial charge in [0.1, 0.15) is 17.4 Å². The minimum absolute atomic E-state index is 0.113. The fourth-order valence-electron chi connectivity index (χ4n) is 2.91. The van der Waals surface area contributed by atoms with Gasteiger partial charge in [-0.05, 0) is 50.9 Å². The Kier molecular flexibility index (Phi) is 4.97. The zero-order chi connectivity index (χ0) is 14.5. The van der Waals surface area contributed by atoms with Gasteiger partial charge in [-0.2, -0.15) is 5.26 Å². The number of nitriles is 1. The lowest BCUT2D eigenvalue weighted by Gasteiger charge is -2.35. The molecule has 0 radical (unpaired) electrons. The summed E-state index contributed by atoms with van der Waals surface area (Å²) in [5.41, 5.74) is 0.719. The number of hydrogen-bond donors (Lipinski definition) is 1. The highest BCUT2D eigenvalue weighted by molar-refractivity contribution is 5.58. The zero-order valence-electron chi connectivity index (χ0n) is 12.2. The van der Waals surface area contributed by atoms with Crippen LogP contribution in [0.3, 0.4) is 0 Å². The summed E-state index contributed by atoms with van der Waals surface area (Å²) in [5, 5.41) is 12.4. The summed E-state index contributed by atoms with van der Waals surface area (Å²) in [5.74, 6) is 0.0852. The second-order valence-corrected chi connectivity index (χ2v) is 5.50. The Morgan fingerprint density at radius 2 is 2.35 bits per heavy atom. The lowest BCUT2D eigenvalue weighted by molar-refractivity contribution is 0.172. The quantitative estimate of drug-likeness (QED) is 0.917. The van der Waals surface area contributed by atoms with Crippen LogP contribution in [0, 0.1) is 23.1 Å². The predicted molar refractivity (Wildman–Crippen MR) is 79.0 cm³/mol. The Morgan fingerprint density at radius 3 is 3.05 bits per heavy atom. The number of nitrogens with zero attached hydrogens (tertiary/aromatic N) is 2. The molecule has 4 heteroatoms. The molecule has 2 atom stereocenters. The monoisotopic (exact) mass is 275 g/mol. The van der Waals surface area contributed by atoms with Gasteiger partial charge < -0.3 is 10.2 Å². The van der Waals surface area contributed by atoms with E-state index in [-0.39, 0.29) is 11.6 Å². The van der Waals surface area contributed by atoms with E-state index in [4.69, 9.17) is 5.26 Å².